The Morgan fingerprint density at radius 2 is 1.71 bits per heavy atom. The number of halogens is 2. The molecular weight excluding hydrogens is 343 g/mol. The fourth-order valence-corrected chi connectivity index (χ4v) is 2.88. The van der Waals surface area contributed by atoms with Gasteiger partial charge in [-0.05, 0) is 48.0 Å². The zero-order valence-electron chi connectivity index (χ0n) is 13.0. The molecule has 0 aliphatic carbocycles. The summed E-state index contributed by atoms with van der Waals surface area (Å²) in [6.07, 6.45) is 0. The second kappa shape index (κ2) is 7.12. The van der Waals surface area contributed by atoms with E-state index in [2.05, 4.69) is 16.7 Å². The highest BCUT2D eigenvalue weighted by atomic mass is 35.5. The number of rotatable bonds is 4. The molecule has 0 saturated heterocycles. The van der Waals surface area contributed by atoms with Crippen LogP contribution in [0.25, 0.3) is 10.8 Å². The Morgan fingerprint density at radius 3 is 2.46 bits per heavy atom. The van der Waals surface area contributed by atoms with Crippen molar-refractivity contribution in [3.8, 4) is 0 Å². The van der Waals surface area contributed by atoms with Crippen LogP contribution in [0.15, 0.2) is 60.7 Å². The van der Waals surface area contributed by atoms with E-state index in [4.69, 9.17) is 23.2 Å². The molecule has 2 N–H and O–H groups in total. The average molecular weight is 359 g/mol. The summed E-state index contributed by atoms with van der Waals surface area (Å²) in [5.41, 5.74) is 1.43. The second-order valence-electron chi connectivity index (χ2n) is 5.54. The first-order valence-electron chi connectivity index (χ1n) is 7.54. The zero-order valence-corrected chi connectivity index (χ0v) is 14.5. The van der Waals surface area contributed by atoms with Gasteiger partial charge in [0, 0.05) is 10.7 Å². The maximum absolute atomic E-state index is 12.4. The van der Waals surface area contributed by atoms with Crippen LogP contribution in [-0.4, -0.2) is 11.9 Å². The Morgan fingerprint density at radius 1 is 0.958 bits per heavy atom. The van der Waals surface area contributed by atoms with Crippen LogP contribution in [0.1, 0.15) is 6.92 Å². The van der Waals surface area contributed by atoms with E-state index in [9.17, 15) is 4.79 Å². The van der Waals surface area contributed by atoms with Crippen LogP contribution in [0, 0.1) is 0 Å². The summed E-state index contributed by atoms with van der Waals surface area (Å²) in [4.78, 5) is 12.4. The van der Waals surface area contributed by atoms with Gasteiger partial charge in [0.05, 0.1) is 10.7 Å². The highest BCUT2D eigenvalue weighted by Crippen LogP contribution is 2.26. The molecule has 0 aliphatic rings. The van der Waals surface area contributed by atoms with Crippen LogP contribution in [-0.2, 0) is 4.79 Å². The molecule has 0 heterocycles. The Kier molecular flexibility index (Phi) is 4.93. The first kappa shape index (κ1) is 16.6. The standard InChI is InChI=1S/C19H16Cl2N2O/c1-12(19(24)23-18-9-7-15(20)11-17(18)21)22-16-8-6-13-4-2-3-5-14(13)10-16/h2-12,22H,1H3,(H,23,24)/t12-/m0/s1. The minimum atomic E-state index is -0.419. The molecule has 24 heavy (non-hydrogen) atoms. The third-order valence-electron chi connectivity index (χ3n) is 3.71. The van der Waals surface area contributed by atoms with Crippen LogP contribution in [0.2, 0.25) is 10.0 Å². The van der Waals surface area contributed by atoms with E-state index in [0.29, 0.717) is 15.7 Å². The Labute approximate surface area is 150 Å². The molecule has 3 aromatic rings. The summed E-state index contributed by atoms with van der Waals surface area (Å²) in [6.45, 7) is 1.80. The van der Waals surface area contributed by atoms with E-state index in [1.807, 2.05) is 36.4 Å². The number of hydrogen-bond acceptors (Lipinski definition) is 2. The van der Waals surface area contributed by atoms with Crippen LogP contribution in [0.5, 0.6) is 0 Å². The normalized spacial score (nSPS) is 12.0. The molecule has 0 saturated carbocycles. The zero-order chi connectivity index (χ0) is 17.1. The van der Waals surface area contributed by atoms with Crippen LogP contribution in [0.4, 0.5) is 11.4 Å². The van der Waals surface area contributed by atoms with Crippen molar-refractivity contribution in [2.24, 2.45) is 0 Å². The molecule has 0 fully saturated rings. The molecule has 1 atom stereocenters. The van der Waals surface area contributed by atoms with E-state index < -0.39 is 6.04 Å². The number of benzene rings is 3. The van der Waals surface area contributed by atoms with Gasteiger partial charge in [0.2, 0.25) is 5.91 Å². The fourth-order valence-electron chi connectivity index (χ4n) is 2.43. The lowest BCUT2D eigenvalue weighted by molar-refractivity contribution is -0.116. The minimum Gasteiger partial charge on any atom is -0.374 e. The molecule has 0 aromatic heterocycles. The third-order valence-corrected chi connectivity index (χ3v) is 4.26. The van der Waals surface area contributed by atoms with Gasteiger partial charge in [-0.3, -0.25) is 4.79 Å². The largest absolute Gasteiger partial charge is 0.374 e. The van der Waals surface area contributed by atoms with E-state index in [0.717, 1.165) is 16.5 Å². The lowest BCUT2D eigenvalue weighted by Crippen LogP contribution is -2.31. The first-order chi connectivity index (χ1) is 11.5. The summed E-state index contributed by atoms with van der Waals surface area (Å²) in [7, 11) is 0. The van der Waals surface area contributed by atoms with Crippen molar-refractivity contribution >= 4 is 51.3 Å². The average Bonchev–Trinajstić information content (AvgIpc) is 2.57. The van der Waals surface area contributed by atoms with Gasteiger partial charge in [-0.15, -0.1) is 0 Å². The summed E-state index contributed by atoms with van der Waals surface area (Å²) in [5, 5.41) is 9.23. The Hall–Kier alpha value is -2.23. The fraction of sp³-hybridized carbons (Fsp3) is 0.105. The second-order valence-corrected chi connectivity index (χ2v) is 6.39. The molecule has 3 rings (SSSR count). The molecular formula is C19H16Cl2N2O. The van der Waals surface area contributed by atoms with Gasteiger partial charge >= 0.3 is 0 Å². The molecule has 3 nitrogen and oxygen atoms in total. The maximum Gasteiger partial charge on any atom is 0.246 e. The lowest BCUT2D eigenvalue weighted by atomic mass is 10.1. The highest BCUT2D eigenvalue weighted by molar-refractivity contribution is 6.36. The van der Waals surface area contributed by atoms with Crippen molar-refractivity contribution < 1.29 is 4.79 Å². The molecule has 0 aliphatic heterocycles. The van der Waals surface area contributed by atoms with Gasteiger partial charge in [-0.25, -0.2) is 0 Å². The van der Waals surface area contributed by atoms with Crippen LogP contribution in [0.3, 0.4) is 0 Å². The van der Waals surface area contributed by atoms with E-state index in [-0.39, 0.29) is 5.91 Å². The SMILES string of the molecule is C[C@H](Nc1ccc2ccccc2c1)C(=O)Nc1ccc(Cl)cc1Cl. The van der Waals surface area contributed by atoms with Crippen molar-refractivity contribution in [3.05, 3.63) is 70.7 Å². The number of nitrogens with one attached hydrogen (secondary N) is 2. The number of hydrogen-bond donors (Lipinski definition) is 2. The first-order valence-corrected chi connectivity index (χ1v) is 8.30. The van der Waals surface area contributed by atoms with Crippen LogP contribution >= 0.6 is 23.2 Å². The molecule has 5 heteroatoms. The summed E-state index contributed by atoms with van der Waals surface area (Å²) >= 11 is 11.9. The number of anilines is 2. The van der Waals surface area contributed by atoms with Gasteiger partial charge in [0.1, 0.15) is 6.04 Å². The van der Waals surface area contributed by atoms with E-state index in [1.165, 1.54) is 0 Å². The molecule has 3 aromatic carbocycles. The van der Waals surface area contributed by atoms with E-state index >= 15 is 0 Å². The lowest BCUT2D eigenvalue weighted by Gasteiger charge is -2.16. The van der Waals surface area contributed by atoms with Gasteiger partial charge in [-0.2, -0.15) is 0 Å². The van der Waals surface area contributed by atoms with Crippen LogP contribution < -0.4 is 10.6 Å². The van der Waals surface area contributed by atoms with Crippen molar-refractivity contribution in [2.75, 3.05) is 10.6 Å². The monoisotopic (exact) mass is 358 g/mol. The topological polar surface area (TPSA) is 41.1 Å². The molecule has 122 valence electrons. The van der Waals surface area contributed by atoms with Gasteiger partial charge in [0.15, 0.2) is 0 Å². The Bertz CT molecular complexity index is 895. The van der Waals surface area contributed by atoms with E-state index in [1.54, 1.807) is 25.1 Å². The van der Waals surface area contributed by atoms with Crippen molar-refractivity contribution in [2.45, 2.75) is 13.0 Å². The van der Waals surface area contributed by atoms with Crippen molar-refractivity contribution in [1.29, 1.82) is 0 Å². The minimum absolute atomic E-state index is 0.174. The predicted octanol–water partition coefficient (Wildman–Crippen LogP) is 5.59. The quantitative estimate of drug-likeness (QED) is 0.638. The van der Waals surface area contributed by atoms with Gasteiger partial charge in [0.25, 0.3) is 0 Å². The van der Waals surface area contributed by atoms with Crippen molar-refractivity contribution in [3.63, 3.8) is 0 Å². The smallest absolute Gasteiger partial charge is 0.246 e. The molecule has 1 amide bonds. The summed E-state index contributed by atoms with van der Waals surface area (Å²) in [5.74, 6) is -0.174. The third kappa shape index (κ3) is 3.81. The molecule has 0 radical (unpaired) electrons. The molecule has 0 bridgehead atoms. The highest BCUT2D eigenvalue weighted by Gasteiger charge is 2.14. The Balaban J connectivity index is 1.70. The van der Waals surface area contributed by atoms with Gasteiger partial charge in [-0.1, -0.05) is 53.5 Å². The van der Waals surface area contributed by atoms with Gasteiger partial charge < -0.3 is 10.6 Å². The summed E-state index contributed by atoms with van der Waals surface area (Å²) < 4.78 is 0. The number of carbonyl (C=O) groups excluding carboxylic acids is 1. The number of amides is 1. The van der Waals surface area contributed by atoms with Crippen molar-refractivity contribution in [1.82, 2.24) is 0 Å². The maximum atomic E-state index is 12.4. The molecule has 0 spiro atoms. The molecule has 0 unspecified atom stereocenters. The number of fused-ring (bicyclic) bond motifs is 1. The number of carbonyl (C=O) groups is 1. The summed E-state index contributed by atoms with van der Waals surface area (Å²) in [6, 6.07) is 18.6. The predicted molar refractivity (Wildman–Crippen MR) is 102 cm³/mol.